The fourth-order valence-electron chi connectivity index (χ4n) is 4.73. The monoisotopic (exact) mass is 587 g/mol. The Balaban J connectivity index is 1.34. The third-order valence-corrected chi connectivity index (χ3v) is 7.78. The lowest BCUT2D eigenvalue weighted by Gasteiger charge is -2.26. The first kappa shape index (κ1) is 26.2. The predicted molar refractivity (Wildman–Crippen MR) is 162 cm³/mol. The Kier molecular flexibility index (Phi) is 7.34. The predicted octanol–water partition coefficient (Wildman–Crippen LogP) is 8.63. The van der Waals surface area contributed by atoms with E-state index in [0.29, 0.717) is 38.2 Å². The van der Waals surface area contributed by atoms with Gasteiger partial charge in [0.1, 0.15) is 34.8 Å². The molecule has 1 N–H and O–H groups in total. The molecule has 0 saturated carbocycles. The number of methoxy groups -OCH3 is 1. The van der Waals surface area contributed by atoms with Crippen LogP contribution in [0.25, 0.3) is 11.3 Å². The standard InChI is InChI=1S/C31H23Cl2N3O3S/c1-37-20-12-14-22(15-13-20)38-21-10-8-19(9-11-21)36-30(29(35-31(36)40)25-7-2-3-18-34-25)27-17-16-26(39-27)23-5-4-6-24(32)28(23)33/h2-18,29-30H,1H3,(H,35,40). The Morgan fingerprint density at radius 3 is 2.27 bits per heavy atom. The van der Waals surface area contributed by atoms with Gasteiger partial charge in [-0.1, -0.05) is 35.3 Å². The molecule has 5 aromatic rings. The number of anilines is 1. The van der Waals surface area contributed by atoms with Crippen LogP contribution in [-0.4, -0.2) is 17.2 Å². The van der Waals surface area contributed by atoms with E-state index >= 15 is 0 Å². The van der Waals surface area contributed by atoms with Gasteiger partial charge in [0.15, 0.2) is 5.11 Å². The van der Waals surface area contributed by atoms with E-state index in [4.69, 9.17) is 49.3 Å². The zero-order chi connectivity index (χ0) is 27.6. The maximum absolute atomic E-state index is 6.49. The summed E-state index contributed by atoms with van der Waals surface area (Å²) in [6.07, 6.45) is 1.77. The van der Waals surface area contributed by atoms with Crippen LogP contribution in [0.4, 0.5) is 5.69 Å². The van der Waals surface area contributed by atoms with Crippen LogP contribution in [-0.2, 0) is 0 Å². The molecule has 1 aliphatic rings. The van der Waals surface area contributed by atoms with Crippen LogP contribution < -0.4 is 19.7 Å². The zero-order valence-corrected chi connectivity index (χ0v) is 23.6. The fraction of sp³-hybridized carbons (Fsp3) is 0.0968. The second-order valence-corrected chi connectivity index (χ2v) is 10.2. The summed E-state index contributed by atoms with van der Waals surface area (Å²) in [5.74, 6) is 3.49. The molecule has 1 saturated heterocycles. The van der Waals surface area contributed by atoms with Gasteiger partial charge >= 0.3 is 0 Å². The van der Waals surface area contributed by atoms with Crippen molar-refractivity contribution in [3.05, 3.63) is 125 Å². The molecular weight excluding hydrogens is 565 g/mol. The van der Waals surface area contributed by atoms with Crippen molar-refractivity contribution >= 4 is 46.2 Å². The second-order valence-electron chi connectivity index (χ2n) is 9.07. The molecule has 40 heavy (non-hydrogen) atoms. The van der Waals surface area contributed by atoms with E-state index in [1.807, 2.05) is 95.9 Å². The van der Waals surface area contributed by atoms with Gasteiger partial charge in [-0.15, -0.1) is 0 Å². The summed E-state index contributed by atoms with van der Waals surface area (Å²) in [6.45, 7) is 0. The molecule has 9 heteroatoms. The van der Waals surface area contributed by atoms with Gasteiger partial charge in [-0.05, 0) is 97.1 Å². The van der Waals surface area contributed by atoms with Gasteiger partial charge in [0.05, 0.1) is 28.9 Å². The van der Waals surface area contributed by atoms with Gasteiger partial charge in [0.25, 0.3) is 0 Å². The van der Waals surface area contributed by atoms with Crippen LogP contribution in [0.15, 0.2) is 108 Å². The minimum Gasteiger partial charge on any atom is -0.497 e. The molecule has 2 unspecified atom stereocenters. The van der Waals surface area contributed by atoms with Crippen molar-refractivity contribution in [1.82, 2.24) is 10.3 Å². The van der Waals surface area contributed by atoms with Crippen LogP contribution in [0, 0.1) is 0 Å². The summed E-state index contributed by atoms with van der Waals surface area (Å²) in [5, 5.41) is 4.91. The van der Waals surface area contributed by atoms with Crippen molar-refractivity contribution in [2.24, 2.45) is 0 Å². The van der Waals surface area contributed by atoms with Crippen molar-refractivity contribution in [2.45, 2.75) is 12.1 Å². The van der Waals surface area contributed by atoms with E-state index in [1.54, 1.807) is 19.4 Å². The van der Waals surface area contributed by atoms with E-state index in [1.165, 1.54) is 0 Å². The molecule has 0 spiro atoms. The molecule has 2 atom stereocenters. The average Bonchev–Trinajstić information content (AvgIpc) is 3.60. The molecule has 0 amide bonds. The van der Waals surface area contributed by atoms with E-state index in [2.05, 4.69) is 10.3 Å². The van der Waals surface area contributed by atoms with Gasteiger partial charge in [-0.2, -0.15) is 0 Å². The van der Waals surface area contributed by atoms with E-state index in [9.17, 15) is 0 Å². The van der Waals surface area contributed by atoms with Gasteiger partial charge in [0.2, 0.25) is 0 Å². The highest BCUT2D eigenvalue weighted by Crippen LogP contribution is 2.44. The van der Waals surface area contributed by atoms with E-state index in [0.717, 1.165) is 22.7 Å². The fourth-order valence-corrected chi connectivity index (χ4v) is 5.47. The van der Waals surface area contributed by atoms with Crippen LogP contribution in [0.1, 0.15) is 23.5 Å². The minimum atomic E-state index is -0.317. The molecule has 2 aromatic heterocycles. The van der Waals surface area contributed by atoms with Gasteiger partial charge in [-0.3, -0.25) is 4.98 Å². The summed E-state index contributed by atoms with van der Waals surface area (Å²) in [4.78, 5) is 6.64. The highest BCUT2D eigenvalue weighted by atomic mass is 35.5. The number of hydrogen-bond donors (Lipinski definition) is 1. The first-order valence-electron chi connectivity index (χ1n) is 12.5. The van der Waals surface area contributed by atoms with Crippen molar-refractivity contribution < 1.29 is 13.9 Å². The van der Waals surface area contributed by atoms with Crippen molar-refractivity contribution in [3.63, 3.8) is 0 Å². The Labute approximate surface area is 247 Å². The third kappa shape index (κ3) is 5.11. The first-order chi connectivity index (χ1) is 19.5. The normalized spacial score (nSPS) is 16.6. The van der Waals surface area contributed by atoms with E-state index < -0.39 is 0 Å². The molecule has 6 nitrogen and oxygen atoms in total. The number of rotatable bonds is 7. The molecule has 6 rings (SSSR count). The van der Waals surface area contributed by atoms with Crippen LogP contribution in [0.5, 0.6) is 17.2 Å². The van der Waals surface area contributed by atoms with Gasteiger partial charge in [-0.25, -0.2) is 0 Å². The van der Waals surface area contributed by atoms with Gasteiger partial charge < -0.3 is 24.1 Å². The third-order valence-electron chi connectivity index (χ3n) is 6.64. The SMILES string of the molecule is COc1ccc(Oc2ccc(N3C(=S)NC(c4ccccn4)C3c3ccc(-c4cccc(Cl)c4Cl)o3)cc2)cc1. The number of nitrogens with one attached hydrogen (secondary N) is 1. The number of benzene rings is 3. The molecule has 3 aromatic carbocycles. The average molecular weight is 589 g/mol. The summed E-state index contributed by atoms with van der Waals surface area (Å²) >= 11 is 18.6. The maximum atomic E-state index is 6.49. The topological polar surface area (TPSA) is 59.8 Å². The first-order valence-corrected chi connectivity index (χ1v) is 13.6. The van der Waals surface area contributed by atoms with E-state index in [-0.39, 0.29) is 12.1 Å². The number of ether oxygens (including phenoxy) is 2. The summed E-state index contributed by atoms with van der Waals surface area (Å²) in [5.41, 5.74) is 2.44. The van der Waals surface area contributed by atoms with Crippen molar-refractivity contribution in [3.8, 4) is 28.6 Å². The Morgan fingerprint density at radius 2 is 1.57 bits per heavy atom. The van der Waals surface area contributed by atoms with Crippen LogP contribution >= 0.6 is 35.4 Å². The number of halogens is 2. The maximum Gasteiger partial charge on any atom is 0.174 e. The van der Waals surface area contributed by atoms with Crippen LogP contribution in [0.2, 0.25) is 10.0 Å². The Morgan fingerprint density at radius 1 is 0.850 bits per heavy atom. The molecule has 200 valence electrons. The van der Waals surface area contributed by atoms with Crippen LogP contribution in [0.3, 0.4) is 0 Å². The van der Waals surface area contributed by atoms with Gasteiger partial charge in [0, 0.05) is 17.4 Å². The summed E-state index contributed by atoms with van der Waals surface area (Å²) in [7, 11) is 1.63. The second kappa shape index (κ2) is 11.2. The Bertz CT molecular complexity index is 1640. The lowest BCUT2D eigenvalue weighted by Crippen LogP contribution is -2.29. The van der Waals surface area contributed by atoms with Crippen molar-refractivity contribution in [1.29, 1.82) is 0 Å². The lowest BCUT2D eigenvalue weighted by molar-refractivity contribution is 0.413. The number of nitrogens with zero attached hydrogens (tertiary/aromatic N) is 2. The minimum absolute atomic E-state index is 0.252. The molecule has 1 aliphatic heterocycles. The smallest absolute Gasteiger partial charge is 0.174 e. The lowest BCUT2D eigenvalue weighted by atomic mass is 10.0. The zero-order valence-electron chi connectivity index (χ0n) is 21.3. The number of aromatic nitrogens is 1. The number of pyridine rings is 1. The molecule has 0 radical (unpaired) electrons. The number of hydrogen-bond acceptors (Lipinski definition) is 5. The summed E-state index contributed by atoms with van der Waals surface area (Å²) < 4.78 is 17.7. The molecule has 1 fully saturated rings. The Hall–Kier alpha value is -4.04. The molecule has 3 heterocycles. The highest BCUT2D eigenvalue weighted by Gasteiger charge is 2.42. The molecular formula is C31H23Cl2N3O3S. The quantitative estimate of drug-likeness (QED) is 0.191. The number of furan rings is 1. The molecule has 0 aliphatic carbocycles. The highest BCUT2D eigenvalue weighted by molar-refractivity contribution is 7.80. The number of thiocarbonyl (C=S) groups is 1. The largest absolute Gasteiger partial charge is 0.497 e. The summed E-state index contributed by atoms with van der Waals surface area (Å²) in [6, 6.07) is 29.7. The molecule has 0 bridgehead atoms. The van der Waals surface area contributed by atoms with Crippen molar-refractivity contribution in [2.75, 3.05) is 12.0 Å².